The summed E-state index contributed by atoms with van der Waals surface area (Å²) in [6.45, 7) is 4.03. The first kappa shape index (κ1) is 14.6. The Labute approximate surface area is 119 Å². The summed E-state index contributed by atoms with van der Waals surface area (Å²) >= 11 is 0. The molecule has 0 saturated carbocycles. The van der Waals surface area contributed by atoms with E-state index in [-0.39, 0.29) is 24.0 Å². The Balaban J connectivity index is 2.40. The second-order valence-electron chi connectivity index (χ2n) is 5.29. The third-order valence-corrected chi connectivity index (χ3v) is 4.29. The Morgan fingerprint density at radius 3 is 2.55 bits per heavy atom. The van der Waals surface area contributed by atoms with Crippen LogP contribution in [0.4, 0.5) is 0 Å². The van der Waals surface area contributed by atoms with Gasteiger partial charge in [0, 0.05) is 6.42 Å². The molecule has 1 heterocycles. The third kappa shape index (κ3) is 2.42. The van der Waals surface area contributed by atoms with Gasteiger partial charge in [-0.05, 0) is 31.4 Å². The molecule has 1 unspecified atom stereocenters. The first-order chi connectivity index (χ1) is 9.54. The average molecular weight is 275 g/mol. The molecule has 1 aromatic carbocycles. The Morgan fingerprint density at radius 2 is 1.95 bits per heavy atom. The van der Waals surface area contributed by atoms with Crippen molar-refractivity contribution < 1.29 is 14.3 Å². The Bertz CT molecular complexity index is 520. The standard InChI is InChI=1S/C16H21NO3/c1-3-16(4-2)12(9-10-14(17)18)15(19)11-7-5-6-8-13(11)20-16/h5-8,12H,3-4,9-10H2,1-2H3,(H2,17,18). The van der Waals surface area contributed by atoms with Crippen molar-refractivity contribution in [2.24, 2.45) is 11.7 Å². The highest BCUT2D eigenvalue weighted by molar-refractivity contribution is 6.02. The minimum atomic E-state index is -0.527. The van der Waals surface area contributed by atoms with E-state index in [2.05, 4.69) is 0 Å². The lowest BCUT2D eigenvalue weighted by molar-refractivity contribution is -0.118. The van der Waals surface area contributed by atoms with Gasteiger partial charge >= 0.3 is 0 Å². The van der Waals surface area contributed by atoms with E-state index in [1.807, 2.05) is 32.0 Å². The van der Waals surface area contributed by atoms with Crippen LogP contribution in [0, 0.1) is 5.92 Å². The number of amides is 1. The number of fused-ring (bicyclic) bond motifs is 1. The van der Waals surface area contributed by atoms with Gasteiger partial charge in [-0.25, -0.2) is 0 Å². The predicted octanol–water partition coefficient (Wildman–Crippen LogP) is 2.70. The molecular formula is C16H21NO3. The summed E-state index contributed by atoms with van der Waals surface area (Å²) in [6.07, 6.45) is 2.12. The minimum Gasteiger partial charge on any atom is -0.486 e. The number of carbonyl (C=O) groups excluding carboxylic acids is 2. The Kier molecular flexibility index (Phi) is 4.12. The molecule has 0 bridgehead atoms. The number of ketones is 1. The smallest absolute Gasteiger partial charge is 0.217 e. The molecule has 0 saturated heterocycles. The first-order valence-electron chi connectivity index (χ1n) is 7.14. The number of Topliss-reactive ketones (excluding diaryl/α,β-unsaturated/α-hetero) is 1. The van der Waals surface area contributed by atoms with Crippen LogP contribution in [0.1, 0.15) is 49.9 Å². The van der Waals surface area contributed by atoms with Crippen LogP contribution in [0.25, 0.3) is 0 Å². The molecule has 0 aromatic heterocycles. The van der Waals surface area contributed by atoms with Crippen molar-refractivity contribution in [3.05, 3.63) is 29.8 Å². The normalized spacial score (nSPS) is 20.1. The number of primary amides is 1. The van der Waals surface area contributed by atoms with Gasteiger partial charge in [-0.2, -0.15) is 0 Å². The molecule has 4 heteroatoms. The maximum absolute atomic E-state index is 12.7. The minimum absolute atomic E-state index is 0.0665. The Morgan fingerprint density at radius 1 is 1.30 bits per heavy atom. The molecule has 1 aromatic rings. The van der Waals surface area contributed by atoms with Gasteiger partial charge in [0.2, 0.25) is 5.91 Å². The lowest BCUT2D eigenvalue weighted by Crippen LogP contribution is -2.50. The van der Waals surface area contributed by atoms with Crippen LogP contribution < -0.4 is 10.5 Å². The fraction of sp³-hybridized carbons (Fsp3) is 0.500. The molecule has 2 N–H and O–H groups in total. The quantitative estimate of drug-likeness (QED) is 0.898. The van der Waals surface area contributed by atoms with E-state index in [0.717, 1.165) is 12.8 Å². The van der Waals surface area contributed by atoms with Gasteiger partial charge in [0.1, 0.15) is 11.4 Å². The van der Waals surface area contributed by atoms with Gasteiger partial charge in [0.05, 0.1) is 11.5 Å². The lowest BCUT2D eigenvalue weighted by Gasteiger charge is -2.43. The van der Waals surface area contributed by atoms with E-state index in [9.17, 15) is 9.59 Å². The molecule has 0 fully saturated rings. The first-order valence-corrected chi connectivity index (χ1v) is 7.14. The van der Waals surface area contributed by atoms with Crippen molar-refractivity contribution in [1.82, 2.24) is 0 Å². The highest BCUT2D eigenvalue weighted by atomic mass is 16.5. The maximum Gasteiger partial charge on any atom is 0.217 e. The van der Waals surface area contributed by atoms with Crippen molar-refractivity contribution in [2.75, 3.05) is 0 Å². The second-order valence-corrected chi connectivity index (χ2v) is 5.29. The summed E-state index contributed by atoms with van der Waals surface area (Å²) < 4.78 is 6.16. The molecule has 0 radical (unpaired) electrons. The largest absolute Gasteiger partial charge is 0.486 e. The van der Waals surface area contributed by atoms with Gasteiger partial charge in [0.15, 0.2) is 5.78 Å². The van der Waals surface area contributed by atoms with Gasteiger partial charge in [0.25, 0.3) is 0 Å². The van der Waals surface area contributed by atoms with Gasteiger partial charge in [-0.1, -0.05) is 26.0 Å². The van der Waals surface area contributed by atoms with Crippen LogP contribution >= 0.6 is 0 Å². The molecule has 0 aliphatic carbocycles. The number of nitrogens with two attached hydrogens (primary N) is 1. The highest BCUT2D eigenvalue weighted by Gasteiger charge is 2.46. The Hall–Kier alpha value is -1.84. The van der Waals surface area contributed by atoms with Crippen molar-refractivity contribution in [3.8, 4) is 5.75 Å². The number of hydrogen-bond donors (Lipinski definition) is 1. The monoisotopic (exact) mass is 275 g/mol. The average Bonchev–Trinajstić information content (AvgIpc) is 2.45. The zero-order valence-corrected chi connectivity index (χ0v) is 12.0. The van der Waals surface area contributed by atoms with E-state index in [1.54, 1.807) is 6.07 Å². The van der Waals surface area contributed by atoms with Crippen LogP contribution in [-0.2, 0) is 4.79 Å². The summed E-state index contributed by atoms with van der Waals surface area (Å²) in [6, 6.07) is 7.31. The van der Waals surface area contributed by atoms with Crippen LogP contribution in [0.3, 0.4) is 0 Å². The van der Waals surface area contributed by atoms with Crippen LogP contribution in [0.5, 0.6) is 5.75 Å². The maximum atomic E-state index is 12.7. The molecule has 1 aliphatic rings. The topological polar surface area (TPSA) is 69.4 Å². The molecular weight excluding hydrogens is 254 g/mol. The summed E-state index contributed by atoms with van der Waals surface area (Å²) in [5, 5.41) is 0. The fourth-order valence-corrected chi connectivity index (χ4v) is 3.04. The van der Waals surface area contributed by atoms with Gasteiger partial charge in [-0.15, -0.1) is 0 Å². The molecule has 4 nitrogen and oxygen atoms in total. The molecule has 108 valence electrons. The zero-order valence-electron chi connectivity index (χ0n) is 12.0. The van der Waals surface area contributed by atoms with E-state index in [4.69, 9.17) is 10.5 Å². The van der Waals surface area contributed by atoms with E-state index in [1.165, 1.54) is 0 Å². The van der Waals surface area contributed by atoms with Gasteiger partial charge < -0.3 is 10.5 Å². The van der Waals surface area contributed by atoms with Crippen LogP contribution in [0.2, 0.25) is 0 Å². The molecule has 1 amide bonds. The number of ether oxygens (including phenoxy) is 1. The van der Waals surface area contributed by atoms with Crippen molar-refractivity contribution in [3.63, 3.8) is 0 Å². The van der Waals surface area contributed by atoms with Gasteiger partial charge in [-0.3, -0.25) is 9.59 Å². The van der Waals surface area contributed by atoms with Crippen LogP contribution in [0.15, 0.2) is 24.3 Å². The number of para-hydroxylation sites is 1. The highest BCUT2D eigenvalue weighted by Crippen LogP contribution is 2.42. The van der Waals surface area contributed by atoms with E-state index >= 15 is 0 Å². The predicted molar refractivity (Wildman–Crippen MR) is 76.6 cm³/mol. The molecule has 20 heavy (non-hydrogen) atoms. The number of carbonyl (C=O) groups is 2. The molecule has 2 rings (SSSR count). The van der Waals surface area contributed by atoms with Crippen molar-refractivity contribution >= 4 is 11.7 Å². The molecule has 1 atom stereocenters. The third-order valence-electron chi connectivity index (χ3n) is 4.29. The molecule has 1 aliphatic heterocycles. The summed E-state index contributed by atoms with van der Waals surface area (Å²) in [7, 11) is 0. The SMILES string of the molecule is CCC1(CC)Oc2ccccc2C(=O)C1CCC(N)=O. The number of hydrogen-bond acceptors (Lipinski definition) is 3. The summed E-state index contributed by atoms with van der Waals surface area (Å²) in [5.41, 5.74) is 5.31. The summed E-state index contributed by atoms with van der Waals surface area (Å²) in [5.74, 6) is 0.0333. The van der Waals surface area contributed by atoms with Crippen molar-refractivity contribution in [1.29, 1.82) is 0 Å². The van der Waals surface area contributed by atoms with Crippen molar-refractivity contribution in [2.45, 2.75) is 45.1 Å². The van der Waals surface area contributed by atoms with Crippen LogP contribution in [-0.4, -0.2) is 17.3 Å². The zero-order chi connectivity index (χ0) is 14.8. The second kappa shape index (κ2) is 5.65. The summed E-state index contributed by atoms with van der Waals surface area (Å²) in [4.78, 5) is 23.8. The lowest BCUT2D eigenvalue weighted by atomic mass is 9.73. The fourth-order valence-electron chi connectivity index (χ4n) is 3.04. The number of rotatable bonds is 5. The molecule has 0 spiro atoms. The van der Waals surface area contributed by atoms with E-state index in [0.29, 0.717) is 17.7 Å². The number of benzene rings is 1. The van der Waals surface area contributed by atoms with E-state index < -0.39 is 5.60 Å².